The second-order valence-corrected chi connectivity index (χ2v) is 11.3. The Morgan fingerprint density at radius 3 is 2.06 bits per heavy atom. The van der Waals surface area contributed by atoms with Gasteiger partial charge in [-0.15, -0.1) is 0 Å². The van der Waals surface area contributed by atoms with Gasteiger partial charge in [0.2, 0.25) is 21.8 Å². The van der Waals surface area contributed by atoms with Crippen molar-refractivity contribution < 1.29 is 18.0 Å². The third-order valence-electron chi connectivity index (χ3n) is 5.82. The normalized spacial score (nSPS) is 12.0. The Kier molecular flexibility index (Phi) is 9.28. The number of halogens is 1. The van der Waals surface area contributed by atoms with Crippen LogP contribution in [0.2, 0.25) is 0 Å². The first-order chi connectivity index (χ1) is 17.1. The van der Waals surface area contributed by atoms with Gasteiger partial charge < -0.3 is 10.2 Å². The molecule has 2 amide bonds. The molecule has 3 aromatic carbocycles. The lowest BCUT2D eigenvalue weighted by Crippen LogP contribution is -2.52. The van der Waals surface area contributed by atoms with Crippen LogP contribution in [-0.2, 0) is 32.6 Å². The van der Waals surface area contributed by atoms with Crippen molar-refractivity contribution in [3.05, 3.63) is 100 Å². The first kappa shape index (κ1) is 27.4. The lowest BCUT2D eigenvalue weighted by atomic mass is 10.0. The summed E-state index contributed by atoms with van der Waals surface area (Å²) in [4.78, 5) is 28.3. The summed E-state index contributed by atoms with van der Waals surface area (Å²) in [6.07, 6.45) is 1.36. The Bertz CT molecular complexity index is 1300. The summed E-state index contributed by atoms with van der Waals surface area (Å²) in [6.45, 7) is 1.57. The molecule has 3 rings (SSSR count). The number of hydrogen-bond acceptors (Lipinski definition) is 4. The standard InChI is InChI=1S/C27H30BrN3O4S/c1-20-16-23(14-15-24(20)28)31(36(3,34)35)19-26(32)30(18-22-12-8-5-9-13-22)25(27(33)29-2)17-21-10-6-4-7-11-21/h4-16,25H,17-19H2,1-3H3,(H,29,33)/t25-/m1/s1. The van der Waals surface area contributed by atoms with Crippen LogP contribution < -0.4 is 9.62 Å². The molecule has 0 heterocycles. The van der Waals surface area contributed by atoms with Gasteiger partial charge in [0, 0.05) is 24.5 Å². The van der Waals surface area contributed by atoms with E-state index in [0.29, 0.717) is 5.69 Å². The zero-order valence-corrected chi connectivity index (χ0v) is 22.9. The highest BCUT2D eigenvalue weighted by Gasteiger charge is 2.32. The third-order valence-corrected chi connectivity index (χ3v) is 7.85. The molecule has 0 aliphatic heterocycles. The smallest absolute Gasteiger partial charge is 0.244 e. The first-order valence-corrected chi connectivity index (χ1v) is 14.1. The number of aryl methyl sites for hydroxylation is 1. The molecule has 7 nitrogen and oxygen atoms in total. The van der Waals surface area contributed by atoms with Crippen molar-refractivity contribution in [2.75, 3.05) is 24.2 Å². The van der Waals surface area contributed by atoms with E-state index in [-0.39, 0.29) is 18.9 Å². The molecule has 0 aliphatic rings. The van der Waals surface area contributed by atoms with Gasteiger partial charge in [-0.3, -0.25) is 13.9 Å². The minimum atomic E-state index is -3.79. The Morgan fingerprint density at radius 1 is 0.944 bits per heavy atom. The molecule has 0 aromatic heterocycles. The van der Waals surface area contributed by atoms with Gasteiger partial charge in [-0.2, -0.15) is 0 Å². The number of nitrogens with one attached hydrogen (secondary N) is 1. The quantitative estimate of drug-likeness (QED) is 0.399. The number of benzene rings is 3. The van der Waals surface area contributed by atoms with Crippen LogP contribution in [0.1, 0.15) is 16.7 Å². The fraction of sp³-hybridized carbons (Fsp3) is 0.259. The molecular weight excluding hydrogens is 542 g/mol. The Hall–Kier alpha value is -3.17. The van der Waals surface area contributed by atoms with Gasteiger partial charge in [-0.1, -0.05) is 76.6 Å². The largest absolute Gasteiger partial charge is 0.357 e. The zero-order chi connectivity index (χ0) is 26.3. The van der Waals surface area contributed by atoms with Crippen LogP contribution in [-0.4, -0.2) is 51.0 Å². The minimum Gasteiger partial charge on any atom is -0.357 e. The molecule has 190 valence electrons. The molecule has 9 heteroatoms. The summed E-state index contributed by atoms with van der Waals surface area (Å²) >= 11 is 3.43. The second kappa shape index (κ2) is 12.2. The highest BCUT2D eigenvalue weighted by molar-refractivity contribution is 9.10. The van der Waals surface area contributed by atoms with Crippen LogP contribution in [0.3, 0.4) is 0 Å². The summed E-state index contributed by atoms with van der Waals surface area (Å²) < 4.78 is 27.4. The SMILES string of the molecule is CNC(=O)[C@@H](Cc1ccccc1)N(Cc1ccccc1)C(=O)CN(c1ccc(Br)c(C)c1)S(C)(=O)=O. The highest BCUT2D eigenvalue weighted by Crippen LogP contribution is 2.25. The van der Waals surface area contributed by atoms with Crippen molar-refractivity contribution in [1.82, 2.24) is 10.2 Å². The number of hydrogen-bond donors (Lipinski definition) is 1. The molecule has 0 aliphatic carbocycles. The number of carbonyl (C=O) groups is 2. The average Bonchev–Trinajstić information content (AvgIpc) is 2.86. The number of likely N-dealkylation sites (N-methyl/N-ethyl adjacent to an activating group) is 1. The van der Waals surface area contributed by atoms with Gasteiger partial charge in [-0.25, -0.2) is 8.42 Å². The average molecular weight is 573 g/mol. The van der Waals surface area contributed by atoms with E-state index in [9.17, 15) is 18.0 Å². The number of carbonyl (C=O) groups excluding carboxylic acids is 2. The van der Waals surface area contributed by atoms with E-state index in [1.165, 1.54) is 11.9 Å². The van der Waals surface area contributed by atoms with Crippen molar-refractivity contribution in [1.29, 1.82) is 0 Å². The number of rotatable bonds is 10. The van der Waals surface area contributed by atoms with Gasteiger partial charge in [0.05, 0.1) is 11.9 Å². The monoisotopic (exact) mass is 571 g/mol. The maximum absolute atomic E-state index is 13.8. The number of anilines is 1. The van der Waals surface area contributed by atoms with Crippen molar-refractivity contribution in [2.24, 2.45) is 0 Å². The topological polar surface area (TPSA) is 86.8 Å². The van der Waals surface area contributed by atoms with E-state index < -0.39 is 28.5 Å². The lowest BCUT2D eigenvalue weighted by Gasteiger charge is -2.33. The number of nitrogens with zero attached hydrogens (tertiary/aromatic N) is 2. The molecule has 0 spiro atoms. The summed E-state index contributed by atoms with van der Waals surface area (Å²) in [5.41, 5.74) is 2.94. The summed E-state index contributed by atoms with van der Waals surface area (Å²) in [6, 6.07) is 23.0. The second-order valence-electron chi connectivity index (χ2n) is 8.53. The predicted octanol–water partition coefficient (Wildman–Crippen LogP) is 3.91. The summed E-state index contributed by atoms with van der Waals surface area (Å²) in [5.74, 6) is -0.803. The number of amides is 2. The zero-order valence-electron chi connectivity index (χ0n) is 20.5. The Morgan fingerprint density at radius 2 is 1.53 bits per heavy atom. The van der Waals surface area contributed by atoms with Crippen LogP contribution in [0.15, 0.2) is 83.3 Å². The summed E-state index contributed by atoms with van der Waals surface area (Å²) in [7, 11) is -2.26. The van der Waals surface area contributed by atoms with E-state index in [1.54, 1.807) is 18.2 Å². The molecule has 0 saturated carbocycles. The fourth-order valence-electron chi connectivity index (χ4n) is 3.90. The van der Waals surface area contributed by atoms with E-state index in [0.717, 1.165) is 31.7 Å². The lowest BCUT2D eigenvalue weighted by molar-refractivity contribution is -0.139. The van der Waals surface area contributed by atoms with E-state index in [2.05, 4.69) is 21.2 Å². The van der Waals surface area contributed by atoms with Gasteiger partial charge in [0.15, 0.2) is 0 Å². The van der Waals surface area contributed by atoms with Crippen molar-refractivity contribution in [3.8, 4) is 0 Å². The summed E-state index contributed by atoms with van der Waals surface area (Å²) in [5, 5.41) is 2.67. The van der Waals surface area contributed by atoms with Gasteiger partial charge in [-0.05, 0) is 41.8 Å². The molecular formula is C27H30BrN3O4S. The van der Waals surface area contributed by atoms with Crippen LogP contribution in [0.4, 0.5) is 5.69 Å². The molecule has 36 heavy (non-hydrogen) atoms. The van der Waals surface area contributed by atoms with Crippen molar-refractivity contribution in [2.45, 2.75) is 25.9 Å². The van der Waals surface area contributed by atoms with Gasteiger partial charge in [0.1, 0.15) is 12.6 Å². The van der Waals surface area contributed by atoms with Crippen LogP contribution >= 0.6 is 15.9 Å². The molecule has 0 saturated heterocycles. The fourth-order valence-corrected chi connectivity index (χ4v) is 4.99. The van der Waals surface area contributed by atoms with Crippen molar-refractivity contribution in [3.63, 3.8) is 0 Å². The van der Waals surface area contributed by atoms with Gasteiger partial charge in [0.25, 0.3) is 0 Å². The van der Waals surface area contributed by atoms with Gasteiger partial charge >= 0.3 is 0 Å². The molecule has 3 aromatic rings. The Balaban J connectivity index is 2.01. The molecule has 0 radical (unpaired) electrons. The van der Waals surface area contributed by atoms with Crippen LogP contribution in [0, 0.1) is 6.92 Å². The minimum absolute atomic E-state index is 0.154. The van der Waals surface area contributed by atoms with Crippen LogP contribution in [0.25, 0.3) is 0 Å². The van der Waals surface area contributed by atoms with E-state index in [4.69, 9.17) is 0 Å². The molecule has 1 atom stereocenters. The highest BCUT2D eigenvalue weighted by atomic mass is 79.9. The maximum atomic E-state index is 13.8. The maximum Gasteiger partial charge on any atom is 0.244 e. The van der Waals surface area contributed by atoms with E-state index >= 15 is 0 Å². The molecule has 1 N–H and O–H groups in total. The van der Waals surface area contributed by atoms with Crippen LogP contribution in [0.5, 0.6) is 0 Å². The molecule has 0 bridgehead atoms. The molecule has 0 unspecified atom stereocenters. The van der Waals surface area contributed by atoms with E-state index in [1.807, 2.05) is 67.6 Å². The Labute approximate surface area is 221 Å². The first-order valence-electron chi connectivity index (χ1n) is 11.4. The molecule has 0 fully saturated rings. The van der Waals surface area contributed by atoms with Crippen molar-refractivity contribution >= 4 is 43.5 Å². The number of sulfonamides is 1. The predicted molar refractivity (Wildman–Crippen MR) is 146 cm³/mol. The third kappa shape index (κ3) is 7.18.